The first kappa shape index (κ1) is 8.01. The van der Waals surface area contributed by atoms with Gasteiger partial charge in [-0.3, -0.25) is 14.4 Å². The van der Waals surface area contributed by atoms with Gasteiger partial charge in [-0.1, -0.05) is 12.2 Å². The molecular formula is C2H6NO3PS. The molecule has 4 nitrogen and oxygen atoms in total. The Balaban J connectivity index is 3.74. The Morgan fingerprint density at radius 3 is 2.25 bits per heavy atom. The third-order valence-corrected chi connectivity index (χ3v) is 1.21. The largest absolute Gasteiger partial charge is 0.347 e. The summed E-state index contributed by atoms with van der Waals surface area (Å²) in [5, 5.41) is 1.72. The van der Waals surface area contributed by atoms with E-state index in [0.717, 1.165) is 6.92 Å². The van der Waals surface area contributed by atoms with Gasteiger partial charge in [0.1, 0.15) is 0 Å². The summed E-state index contributed by atoms with van der Waals surface area (Å²) in [6.45, 7) is -2.49. The minimum atomic E-state index is -3.63. The van der Waals surface area contributed by atoms with Crippen molar-refractivity contribution in [1.82, 2.24) is 5.09 Å². The monoisotopic (exact) mass is 155 g/mol. The quantitative estimate of drug-likeness (QED) is 0.373. The van der Waals surface area contributed by atoms with E-state index >= 15 is 0 Å². The topological polar surface area (TPSA) is 66.4 Å². The van der Waals surface area contributed by atoms with Crippen LogP contribution < -0.4 is 5.09 Å². The molecule has 1 atom stereocenters. The van der Waals surface area contributed by atoms with Crippen molar-refractivity contribution >= 4 is 24.9 Å². The van der Waals surface area contributed by atoms with E-state index in [1.54, 1.807) is 5.09 Å². The molecule has 1 amide bonds. The summed E-state index contributed by atoms with van der Waals surface area (Å²) in [5.41, 5.74) is 0. The first-order valence-corrected chi connectivity index (χ1v) is 4.57. The first-order chi connectivity index (χ1) is 3.42. The zero-order valence-corrected chi connectivity index (χ0v) is 5.95. The maximum Gasteiger partial charge on any atom is 0.347 e. The fraction of sp³-hybridized carbons (Fsp3) is 0.500. The molecule has 0 unspecified atom stereocenters. The third-order valence-electron chi connectivity index (χ3n) is 0.303. The van der Waals surface area contributed by atoms with Gasteiger partial charge >= 0.3 is 6.72 Å². The van der Waals surface area contributed by atoms with Gasteiger partial charge in [-0.2, -0.15) is 0 Å². The SMILES string of the molecule is CC(=O)N[P@@](=O)(O)S. The van der Waals surface area contributed by atoms with Gasteiger partial charge in [0.15, 0.2) is 0 Å². The number of thiol groups is 1. The maximum absolute atomic E-state index is 10.1. The van der Waals surface area contributed by atoms with Crippen LogP contribution in [0.3, 0.4) is 0 Å². The van der Waals surface area contributed by atoms with Crippen molar-refractivity contribution in [3.8, 4) is 0 Å². The molecule has 0 heterocycles. The molecular weight excluding hydrogens is 149 g/mol. The van der Waals surface area contributed by atoms with Gasteiger partial charge < -0.3 is 4.89 Å². The second-order valence-corrected chi connectivity index (χ2v) is 4.15. The van der Waals surface area contributed by atoms with Crippen LogP contribution in [-0.4, -0.2) is 10.8 Å². The van der Waals surface area contributed by atoms with Crippen LogP contribution >= 0.6 is 19.0 Å². The summed E-state index contributed by atoms with van der Waals surface area (Å²) in [4.78, 5) is 18.2. The van der Waals surface area contributed by atoms with Crippen LogP contribution in [0.1, 0.15) is 6.92 Å². The predicted molar refractivity (Wildman–Crippen MR) is 32.6 cm³/mol. The van der Waals surface area contributed by atoms with E-state index in [1.807, 2.05) is 0 Å². The number of rotatable bonds is 1. The molecule has 0 saturated carbocycles. The van der Waals surface area contributed by atoms with Crippen molar-refractivity contribution in [2.45, 2.75) is 6.92 Å². The van der Waals surface area contributed by atoms with Crippen molar-refractivity contribution in [3.05, 3.63) is 0 Å². The van der Waals surface area contributed by atoms with E-state index in [4.69, 9.17) is 4.89 Å². The predicted octanol–water partition coefficient (Wildman–Crippen LogP) is 0.153. The van der Waals surface area contributed by atoms with Gasteiger partial charge in [-0.05, 0) is 0 Å². The highest BCUT2D eigenvalue weighted by Gasteiger charge is 2.10. The molecule has 0 rings (SSSR count). The molecule has 0 aromatic carbocycles. The average molecular weight is 155 g/mol. The minimum absolute atomic E-state index is 0.564. The van der Waals surface area contributed by atoms with Crippen molar-refractivity contribution < 1.29 is 14.3 Å². The van der Waals surface area contributed by atoms with Gasteiger partial charge in [-0.15, -0.1) is 0 Å². The maximum atomic E-state index is 10.1. The fourth-order valence-electron chi connectivity index (χ4n) is 0.205. The molecule has 0 aliphatic heterocycles. The van der Waals surface area contributed by atoms with Gasteiger partial charge in [0, 0.05) is 6.92 Å². The van der Waals surface area contributed by atoms with Crippen molar-refractivity contribution in [2.24, 2.45) is 0 Å². The lowest BCUT2D eigenvalue weighted by atomic mass is 10.8. The fourth-order valence-corrected chi connectivity index (χ4v) is 1.04. The number of carbonyl (C=O) groups excluding carboxylic acids is 1. The van der Waals surface area contributed by atoms with Crippen molar-refractivity contribution in [1.29, 1.82) is 0 Å². The Morgan fingerprint density at radius 2 is 2.25 bits per heavy atom. The number of nitrogens with one attached hydrogen (secondary N) is 1. The zero-order chi connectivity index (χ0) is 6.78. The second-order valence-electron chi connectivity index (χ2n) is 1.21. The average Bonchev–Trinajstić information content (AvgIpc) is 1.21. The molecule has 8 heavy (non-hydrogen) atoms. The molecule has 0 aromatic rings. The Morgan fingerprint density at radius 1 is 1.88 bits per heavy atom. The third kappa shape index (κ3) is 6.01. The Labute approximate surface area is 51.9 Å². The molecule has 0 aliphatic carbocycles. The van der Waals surface area contributed by atoms with Crippen LogP contribution in [-0.2, 0) is 9.36 Å². The van der Waals surface area contributed by atoms with E-state index in [9.17, 15) is 9.36 Å². The van der Waals surface area contributed by atoms with Crippen LogP contribution in [0.25, 0.3) is 0 Å². The second kappa shape index (κ2) is 2.53. The molecule has 0 bridgehead atoms. The van der Waals surface area contributed by atoms with E-state index in [0.29, 0.717) is 0 Å². The van der Waals surface area contributed by atoms with Gasteiger partial charge in [-0.25, -0.2) is 0 Å². The highest BCUT2D eigenvalue weighted by Crippen LogP contribution is 2.39. The molecule has 0 fully saturated rings. The minimum Gasteiger partial charge on any atom is -0.322 e. The molecule has 6 heteroatoms. The van der Waals surface area contributed by atoms with E-state index in [2.05, 4.69) is 12.2 Å². The van der Waals surface area contributed by atoms with Gasteiger partial charge in [0.05, 0.1) is 0 Å². The lowest BCUT2D eigenvalue weighted by molar-refractivity contribution is -0.117. The molecule has 2 N–H and O–H groups in total. The highest BCUT2D eigenvalue weighted by molar-refractivity contribution is 8.45. The molecule has 0 spiro atoms. The summed E-state index contributed by atoms with van der Waals surface area (Å²) < 4.78 is 10.1. The molecule has 0 aliphatic rings. The van der Waals surface area contributed by atoms with Crippen LogP contribution in [0.15, 0.2) is 0 Å². The number of hydrogen-bond acceptors (Lipinski definition) is 2. The molecule has 0 aromatic heterocycles. The van der Waals surface area contributed by atoms with Crippen molar-refractivity contribution in [2.75, 3.05) is 0 Å². The molecule has 0 radical (unpaired) electrons. The highest BCUT2D eigenvalue weighted by atomic mass is 32.7. The standard InChI is InChI=1S/C2H6NO3PS/c1-2(4)3-7(5,6)8/h1H3,(H3,3,4,5,6,8). The zero-order valence-electron chi connectivity index (χ0n) is 4.16. The molecule has 48 valence electrons. The van der Waals surface area contributed by atoms with E-state index in [1.165, 1.54) is 0 Å². The van der Waals surface area contributed by atoms with E-state index in [-0.39, 0.29) is 0 Å². The summed E-state index contributed by atoms with van der Waals surface area (Å²) >= 11 is 3.17. The van der Waals surface area contributed by atoms with Crippen LogP contribution in [0.5, 0.6) is 0 Å². The van der Waals surface area contributed by atoms with Crippen molar-refractivity contribution in [3.63, 3.8) is 0 Å². The number of hydrogen-bond donors (Lipinski definition) is 3. The molecule has 0 saturated heterocycles. The summed E-state index contributed by atoms with van der Waals surface area (Å²) in [5.74, 6) is -0.564. The Hall–Kier alpha value is 0.01000. The number of amides is 1. The summed E-state index contributed by atoms with van der Waals surface area (Å²) in [6.07, 6.45) is 0. The first-order valence-electron chi connectivity index (χ1n) is 1.76. The van der Waals surface area contributed by atoms with Gasteiger partial charge in [0.2, 0.25) is 5.91 Å². The lowest BCUT2D eigenvalue weighted by Crippen LogP contribution is -2.12. The van der Waals surface area contributed by atoms with Crippen LogP contribution in [0.2, 0.25) is 0 Å². The Kier molecular flexibility index (Phi) is 2.53. The Bertz CT molecular complexity index is 140. The lowest BCUT2D eigenvalue weighted by Gasteiger charge is -2.01. The number of carbonyl (C=O) groups is 1. The summed E-state index contributed by atoms with van der Waals surface area (Å²) in [7, 11) is 0. The van der Waals surface area contributed by atoms with E-state index < -0.39 is 12.6 Å². The van der Waals surface area contributed by atoms with Crippen LogP contribution in [0.4, 0.5) is 0 Å². The van der Waals surface area contributed by atoms with Crippen LogP contribution in [0, 0.1) is 0 Å². The summed E-state index contributed by atoms with van der Waals surface area (Å²) in [6, 6.07) is 0. The van der Waals surface area contributed by atoms with Gasteiger partial charge in [0.25, 0.3) is 0 Å². The smallest absolute Gasteiger partial charge is 0.322 e. The normalized spacial score (nSPS) is 16.9.